The molecule has 0 aliphatic carbocycles. The van der Waals surface area contributed by atoms with Crippen molar-refractivity contribution in [2.45, 2.75) is 39.2 Å². The number of carbonyl (C=O) groups is 1. The van der Waals surface area contributed by atoms with Crippen molar-refractivity contribution in [3.05, 3.63) is 59.5 Å². The summed E-state index contributed by atoms with van der Waals surface area (Å²) in [5.41, 5.74) is 3.33. The van der Waals surface area contributed by atoms with E-state index >= 15 is 0 Å². The Kier molecular flexibility index (Phi) is 8.97. The normalized spacial score (nSPS) is 17.4. The molecule has 2 aliphatic rings. The molecule has 0 spiro atoms. The summed E-state index contributed by atoms with van der Waals surface area (Å²) in [4.78, 5) is 34.9. The van der Waals surface area contributed by atoms with E-state index in [9.17, 15) is 9.18 Å². The topological polar surface area (TPSA) is 82.0 Å². The first-order valence-electron chi connectivity index (χ1n) is 14.6. The third kappa shape index (κ3) is 6.93. The largest absolute Gasteiger partial charge is 0.352 e. The molecular formula is C31H42FN8O+. The summed E-state index contributed by atoms with van der Waals surface area (Å²) in [6.45, 7) is 10.1. The van der Waals surface area contributed by atoms with Gasteiger partial charge in [0.2, 0.25) is 0 Å². The molecule has 3 aromatic rings. The Bertz CT molecular complexity index is 1340. The Labute approximate surface area is 242 Å². The van der Waals surface area contributed by atoms with Gasteiger partial charge in [-0.3, -0.25) is 9.69 Å². The number of pyridine rings is 1. The maximum atomic E-state index is 13.6. The number of aromatic amines is 1. The Hall–Kier alpha value is -3.79. The molecule has 1 unspecified atom stereocenters. The number of rotatable bonds is 9. The number of aryl methyl sites for hydroxylation is 1. The van der Waals surface area contributed by atoms with Crippen molar-refractivity contribution >= 4 is 23.5 Å². The average molecular weight is 562 g/mol. The number of hydrogen-bond donors (Lipinski definition) is 1. The molecule has 5 rings (SSSR count). The van der Waals surface area contributed by atoms with Gasteiger partial charge >= 0.3 is 5.95 Å². The second-order valence-electron chi connectivity index (χ2n) is 11.4. The minimum atomic E-state index is -0.251. The number of H-pyrrole nitrogens is 1. The van der Waals surface area contributed by atoms with E-state index in [1.54, 1.807) is 18.3 Å². The highest BCUT2D eigenvalue weighted by Gasteiger charge is 2.30. The second kappa shape index (κ2) is 12.8. The molecule has 2 N–H and O–H groups in total. The molecular weight excluding hydrogens is 519 g/mol. The Balaban J connectivity index is 1.28. The molecule has 1 atom stereocenters. The number of halogens is 1. The molecule has 218 valence electrons. The molecule has 2 aromatic heterocycles. The second-order valence-corrected chi connectivity index (χ2v) is 11.4. The van der Waals surface area contributed by atoms with Crippen molar-refractivity contribution in [3.63, 3.8) is 0 Å². The number of anilines is 3. The van der Waals surface area contributed by atoms with Gasteiger partial charge in [-0.1, -0.05) is 0 Å². The van der Waals surface area contributed by atoms with Gasteiger partial charge in [0.1, 0.15) is 17.3 Å². The molecule has 41 heavy (non-hydrogen) atoms. The third-order valence-corrected chi connectivity index (χ3v) is 8.01. The van der Waals surface area contributed by atoms with E-state index in [-0.39, 0.29) is 11.7 Å². The van der Waals surface area contributed by atoms with Crippen LogP contribution < -0.4 is 25.0 Å². The summed E-state index contributed by atoms with van der Waals surface area (Å²) < 4.78 is 13.6. The summed E-state index contributed by atoms with van der Waals surface area (Å²) >= 11 is 0. The van der Waals surface area contributed by atoms with E-state index in [0.29, 0.717) is 18.2 Å². The number of carbonyl (C=O) groups excluding carboxylic acids is 1. The Morgan fingerprint density at radius 3 is 2.49 bits per heavy atom. The van der Waals surface area contributed by atoms with E-state index in [4.69, 9.17) is 9.97 Å². The van der Waals surface area contributed by atoms with Crippen molar-refractivity contribution in [3.8, 4) is 11.3 Å². The van der Waals surface area contributed by atoms with Gasteiger partial charge in [-0.2, -0.15) is 0 Å². The number of nitrogens with one attached hydrogen (secondary N) is 2. The van der Waals surface area contributed by atoms with Gasteiger partial charge in [0.05, 0.1) is 31.2 Å². The molecule has 10 heteroatoms. The van der Waals surface area contributed by atoms with Crippen LogP contribution in [0.4, 0.5) is 22.0 Å². The summed E-state index contributed by atoms with van der Waals surface area (Å²) in [6.07, 6.45) is 4.89. The maximum absolute atomic E-state index is 13.6. The minimum absolute atomic E-state index is 0.0796. The third-order valence-electron chi connectivity index (χ3n) is 8.01. The van der Waals surface area contributed by atoms with Crippen LogP contribution in [0.5, 0.6) is 0 Å². The summed E-state index contributed by atoms with van der Waals surface area (Å²) in [6, 6.07) is 11.0. The molecule has 0 saturated carbocycles. The van der Waals surface area contributed by atoms with E-state index in [1.807, 2.05) is 27.1 Å². The standard InChI is InChI=1S/C31H41FN8O/c1-22-19-25(30(41)33-12-6-13-37(3)4)21-34-29(22)39-17-15-38(16-18-39)28-20-27(24-8-10-26(32)11-9-24)35-31(36-28)40-14-5-7-23(40)2/h8-11,19-21,23H,5-7,12-18H2,1-4H3,(H,33,41)/p+1. The van der Waals surface area contributed by atoms with Crippen molar-refractivity contribution in [1.29, 1.82) is 0 Å². The molecule has 0 radical (unpaired) electrons. The number of aromatic nitrogens is 3. The predicted molar refractivity (Wildman–Crippen MR) is 161 cm³/mol. The number of piperazine rings is 1. The van der Waals surface area contributed by atoms with Crippen LogP contribution in [0.15, 0.2) is 42.6 Å². The van der Waals surface area contributed by atoms with Gasteiger partial charge in [-0.05, 0) is 89.6 Å². The number of benzene rings is 1. The van der Waals surface area contributed by atoms with E-state index in [0.717, 1.165) is 92.9 Å². The maximum Gasteiger partial charge on any atom is 0.348 e. The Morgan fingerprint density at radius 1 is 1.10 bits per heavy atom. The molecule has 1 amide bonds. The van der Waals surface area contributed by atoms with Gasteiger partial charge < -0.3 is 20.0 Å². The number of amides is 1. The van der Waals surface area contributed by atoms with Crippen molar-refractivity contribution in [2.75, 3.05) is 74.6 Å². The van der Waals surface area contributed by atoms with Gasteiger partial charge in [-0.25, -0.2) is 14.4 Å². The number of hydrogen-bond acceptors (Lipinski definition) is 7. The van der Waals surface area contributed by atoms with Crippen LogP contribution in [0.3, 0.4) is 0 Å². The molecule has 4 heterocycles. The SMILES string of the molecule is Cc1cc(C(=O)NCCCN(C)C)cnc1N1CCN(c2cc(-c3ccc(F)cc3)nc(N3CCCC3C)[nH+]2)CC1. The van der Waals surface area contributed by atoms with E-state index < -0.39 is 0 Å². The van der Waals surface area contributed by atoms with Crippen LogP contribution >= 0.6 is 0 Å². The first-order valence-corrected chi connectivity index (χ1v) is 14.6. The van der Waals surface area contributed by atoms with E-state index in [2.05, 4.69) is 42.9 Å². The molecule has 2 fully saturated rings. The lowest BCUT2D eigenvalue weighted by atomic mass is 10.1. The van der Waals surface area contributed by atoms with Crippen LogP contribution in [0, 0.1) is 12.7 Å². The van der Waals surface area contributed by atoms with Gasteiger partial charge in [0.25, 0.3) is 5.91 Å². The van der Waals surface area contributed by atoms with E-state index in [1.165, 1.54) is 12.1 Å². The lowest BCUT2D eigenvalue weighted by Crippen LogP contribution is -2.49. The fraction of sp³-hybridized carbons (Fsp3) is 0.484. The van der Waals surface area contributed by atoms with Crippen molar-refractivity contribution < 1.29 is 14.2 Å². The van der Waals surface area contributed by atoms with Crippen LogP contribution in [0.25, 0.3) is 11.3 Å². The molecule has 2 aliphatic heterocycles. The van der Waals surface area contributed by atoms with Crippen LogP contribution in [0.1, 0.15) is 42.1 Å². The van der Waals surface area contributed by atoms with Crippen LogP contribution in [-0.4, -0.2) is 86.7 Å². The van der Waals surface area contributed by atoms with Crippen LogP contribution in [-0.2, 0) is 0 Å². The zero-order valence-electron chi connectivity index (χ0n) is 24.7. The highest BCUT2D eigenvalue weighted by atomic mass is 19.1. The lowest BCUT2D eigenvalue weighted by Gasteiger charge is -2.34. The molecule has 2 saturated heterocycles. The first-order chi connectivity index (χ1) is 19.8. The fourth-order valence-electron chi connectivity index (χ4n) is 5.66. The first kappa shape index (κ1) is 28.7. The van der Waals surface area contributed by atoms with Gasteiger partial charge in [0, 0.05) is 37.5 Å². The van der Waals surface area contributed by atoms with Crippen molar-refractivity contribution in [2.24, 2.45) is 0 Å². The zero-order valence-corrected chi connectivity index (χ0v) is 24.7. The van der Waals surface area contributed by atoms with Gasteiger partial charge in [0.15, 0.2) is 5.82 Å². The Morgan fingerprint density at radius 2 is 1.83 bits per heavy atom. The highest BCUT2D eigenvalue weighted by molar-refractivity contribution is 5.94. The quantitative estimate of drug-likeness (QED) is 0.401. The highest BCUT2D eigenvalue weighted by Crippen LogP contribution is 2.27. The summed E-state index contributed by atoms with van der Waals surface area (Å²) in [5, 5.41) is 2.99. The minimum Gasteiger partial charge on any atom is -0.352 e. The van der Waals surface area contributed by atoms with Crippen LogP contribution in [0.2, 0.25) is 0 Å². The average Bonchev–Trinajstić information content (AvgIpc) is 3.41. The lowest BCUT2D eigenvalue weighted by molar-refractivity contribution is -0.354. The van der Waals surface area contributed by atoms with Gasteiger partial charge in [-0.15, -0.1) is 4.98 Å². The molecule has 0 bridgehead atoms. The number of nitrogens with zero attached hydrogens (tertiary/aromatic N) is 6. The summed E-state index contributed by atoms with van der Waals surface area (Å²) in [7, 11) is 4.06. The smallest absolute Gasteiger partial charge is 0.348 e. The van der Waals surface area contributed by atoms with Crippen molar-refractivity contribution in [1.82, 2.24) is 20.2 Å². The zero-order chi connectivity index (χ0) is 28.9. The molecule has 1 aromatic carbocycles. The fourth-order valence-corrected chi connectivity index (χ4v) is 5.66. The predicted octanol–water partition coefficient (Wildman–Crippen LogP) is 3.40. The summed E-state index contributed by atoms with van der Waals surface area (Å²) in [5.74, 6) is 2.47. The monoisotopic (exact) mass is 561 g/mol. The molecule has 9 nitrogen and oxygen atoms in total.